The number of aromatic nitrogens is 1. The van der Waals surface area contributed by atoms with Gasteiger partial charge in [0.1, 0.15) is 10.9 Å². The molecule has 1 aromatic heterocycles. The number of hydrogen-bond acceptors (Lipinski definition) is 4. The van der Waals surface area contributed by atoms with Gasteiger partial charge >= 0.3 is 5.97 Å². The molecule has 21 heavy (non-hydrogen) atoms. The van der Waals surface area contributed by atoms with E-state index in [-0.39, 0.29) is 11.4 Å². The zero-order chi connectivity index (χ0) is 15.0. The molecule has 110 valence electrons. The van der Waals surface area contributed by atoms with Crippen LogP contribution in [0.5, 0.6) is 0 Å². The standard InChI is InChI=1S/C14H14N2O4S/c17-14(18)11-6-3-9-16(11)21(19,20)12-7-1-4-10-5-2-8-15-13(10)12/h1-2,4-5,7-8,11H,3,6,9H2,(H,17,18)/t11-/m0/s1. The SMILES string of the molecule is O=C(O)[C@@H]1CCCN1S(=O)(=O)c1cccc2cccnc12. The highest BCUT2D eigenvalue weighted by molar-refractivity contribution is 7.89. The van der Waals surface area contributed by atoms with Gasteiger partial charge in [0.25, 0.3) is 0 Å². The number of fused-ring (bicyclic) bond motifs is 1. The second kappa shape index (κ2) is 5.09. The van der Waals surface area contributed by atoms with Crippen molar-refractivity contribution in [2.24, 2.45) is 0 Å². The molecule has 0 unspecified atom stereocenters. The Hall–Kier alpha value is -1.99. The molecule has 1 aliphatic rings. The fraction of sp³-hybridized carbons (Fsp3) is 0.286. The Bertz CT molecular complexity index is 798. The van der Waals surface area contributed by atoms with E-state index < -0.39 is 22.0 Å². The first-order chi connectivity index (χ1) is 10.0. The maximum atomic E-state index is 12.8. The Morgan fingerprint density at radius 3 is 2.81 bits per heavy atom. The van der Waals surface area contributed by atoms with E-state index in [9.17, 15) is 18.3 Å². The van der Waals surface area contributed by atoms with Crippen LogP contribution in [0.4, 0.5) is 0 Å². The van der Waals surface area contributed by atoms with Crippen molar-refractivity contribution >= 4 is 26.9 Å². The van der Waals surface area contributed by atoms with E-state index >= 15 is 0 Å². The second-order valence-corrected chi connectivity index (χ2v) is 6.80. The zero-order valence-electron chi connectivity index (χ0n) is 11.1. The number of hydrogen-bond donors (Lipinski definition) is 1. The van der Waals surface area contributed by atoms with Crippen molar-refractivity contribution < 1.29 is 18.3 Å². The van der Waals surface area contributed by atoms with E-state index in [1.807, 2.05) is 0 Å². The number of nitrogens with zero attached hydrogens (tertiary/aromatic N) is 2. The van der Waals surface area contributed by atoms with E-state index in [4.69, 9.17) is 0 Å². The molecule has 3 rings (SSSR count). The first-order valence-electron chi connectivity index (χ1n) is 6.60. The van der Waals surface area contributed by atoms with E-state index in [1.165, 1.54) is 12.3 Å². The minimum Gasteiger partial charge on any atom is -0.480 e. The zero-order valence-corrected chi connectivity index (χ0v) is 12.0. The molecule has 2 aromatic rings. The molecule has 1 fully saturated rings. The molecule has 0 amide bonds. The maximum Gasteiger partial charge on any atom is 0.322 e. The van der Waals surface area contributed by atoms with Crippen LogP contribution < -0.4 is 0 Å². The summed E-state index contributed by atoms with van der Waals surface area (Å²) in [7, 11) is -3.87. The van der Waals surface area contributed by atoms with Gasteiger partial charge in [-0.15, -0.1) is 0 Å². The van der Waals surface area contributed by atoms with Gasteiger partial charge in [0.05, 0.1) is 5.52 Å². The Kier molecular flexibility index (Phi) is 3.38. The highest BCUT2D eigenvalue weighted by Gasteiger charge is 2.40. The molecule has 1 atom stereocenters. The molecule has 0 radical (unpaired) electrons. The first-order valence-corrected chi connectivity index (χ1v) is 8.04. The summed E-state index contributed by atoms with van der Waals surface area (Å²) >= 11 is 0. The van der Waals surface area contributed by atoms with Crippen LogP contribution in [0.2, 0.25) is 0 Å². The van der Waals surface area contributed by atoms with E-state index in [2.05, 4.69) is 4.98 Å². The van der Waals surface area contributed by atoms with Crippen LogP contribution in [0.3, 0.4) is 0 Å². The van der Waals surface area contributed by atoms with Gasteiger partial charge < -0.3 is 5.11 Å². The van der Waals surface area contributed by atoms with Crippen LogP contribution in [0.15, 0.2) is 41.4 Å². The normalized spacial score (nSPS) is 19.9. The molecule has 0 saturated carbocycles. The fourth-order valence-corrected chi connectivity index (χ4v) is 4.50. The molecule has 1 aliphatic heterocycles. The lowest BCUT2D eigenvalue weighted by molar-refractivity contribution is -0.140. The summed E-state index contributed by atoms with van der Waals surface area (Å²) in [5.74, 6) is -1.11. The summed E-state index contributed by atoms with van der Waals surface area (Å²) in [4.78, 5) is 15.4. The largest absolute Gasteiger partial charge is 0.480 e. The van der Waals surface area contributed by atoms with Crippen LogP contribution in [-0.4, -0.2) is 41.4 Å². The Labute approximate surface area is 122 Å². The minimum atomic E-state index is -3.87. The fourth-order valence-electron chi connectivity index (χ4n) is 2.69. The van der Waals surface area contributed by atoms with Crippen LogP contribution in [0.25, 0.3) is 10.9 Å². The Morgan fingerprint density at radius 2 is 2.05 bits per heavy atom. The van der Waals surface area contributed by atoms with Gasteiger partial charge in [-0.2, -0.15) is 4.31 Å². The number of carbonyl (C=O) groups is 1. The highest BCUT2D eigenvalue weighted by Crippen LogP contribution is 2.29. The molecule has 7 heteroatoms. The molecule has 1 saturated heterocycles. The van der Waals surface area contributed by atoms with Gasteiger partial charge in [-0.25, -0.2) is 8.42 Å². The topological polar surface area (TPSA) is 87.6 Å². The summed E-state index contributed by atoms with van der Waals surface area (Å²) in [6.07, 6.45) is 2.42. The molecule has 1 aromatic carbocycles. The number of rotatable bonds is 3. The third-order valence-electron chi connectivity index (χ3n) is 3.67. The summed E-state index contributed by atoms with van der Waals surface area (Å²) in [6.45, 7) is 0.225. The molecular weight excluding hydrogens is 292 g/mol. The molecule has 0 spiro atoms. The number of carboxylic acid groups (broad SMARTS) is 1. The number of pyridine rings is 1. The third kappa shape index (κ3) is 2.28. The summed E-state index contributed by atoms with van der Waals surface area (Å²) < 4.78 is 26.6. The lowest BCUT2D eigenvalue weighted by Crippen LogP contribution is -2.40. The van der Waals surface area contributed by atoms with Crippen LogP contribution >= 0.6 is 0 Å². The Morgan fingerprint density at radius 1 is 1.29 bits per heavy atom. The lowest BCUT2D eigenvalue weighted by Gasteiger charge is -2.21. The molecule has 0 aliphatic carbocycles. The first kappa shape index (κ1) is 14.0. The van der Waals surface area contributed by atoms with E-state index in [0.717, 1.165) is 4.31 Å². The van der Waals surface area contributed by atoms with Crippen molar-refractivity contribution in [3.63, 3.8) is 0 Å². The lowest BCUT2D eigenvalue weighted by atomic mass is 10.2. The van der Waals surface area contributed by atoms with Crippen molar-refractivity contribution in [2.45, 2.75) is 23.8 Å². The van der Waals surface area contributed by atoms with E-state index in [1.54, 1.807) is 24.3 Å². The van der Waals surface area contributed by atoms with Gasteiger partial charge in [-0.3, -0.25) is 9.78 Å². The third-order valence-corrected chi connectivity index (χ3v) is 5.61. The molecule has 0 bridgehead atoms. The maximum absolute atomic E-state index is 12.8. The van der Waals surface area contributed by atoms with Crippen LogP contribution in [-0.2, 0) is 14.8 Å². The van der Waals surface area contributed by atoms with Gasteiger partial charge in [-0.1, -0.05) is 18.2 Å². The number of sulfonamides is 1. The van der Waals surface area contributed by atoms with Crippen LogP contribution in [0.1, 0.15) is 12.8 Å². The number of carboxylic acids is 1. The highest BCUT2D eigenvalue weighted by atomic mass is 32.2. The van der Waals surface area contributed by atoms with Crippen molar-refractivity contribution in [3.8, 4) is 0 Å². The van der Waals surface area contributed by atoms with Crippen LogP contribution in [0, 0.1) is 0 Å². The molecule has 2 heterocycles. The number of benzene rings is 1. The quantitative estimate of drug-likeness (QED) is 0.928. The van der Waals surface area contributed by atoms with Crippen molar-refractivity contribution in [3.05, 3.63) is 36.5 Å². The number of para-hydroxylation sites is 1. The molecule has 1 N–H and O–H groups in total. The summed E-state index contributed by atoms with van der Waals surface area (Å²) in [6, 6.07) is 7.41. The summed E-state index contributed by atoms with van der Waals surface area (Å²) in [5, 5.41) is 9.90. The second-order valence-electron chi connectivity index (χ2n) is 4.94. The van der Waals surface area contributed by atoms with Crippen molar-refractivity contribution in [1.29, 1.82) is 0 Å². The average molecular weight is 306 g/mol. The summed E-state index contributed by atoms with van der Waals surface area (Å²) in [5.41, 5.74) is 0.371. The molecule has 6 nitrogen and oxygen atoms in total. The smallest absolute Gasteiger partial charge is 0.322 e. The van der Waals surface area contributed by atoms with Crippen molar-refractivity contribution in [1.82, 2.24) is 9.29 Å². The number of aliphatic carboxylic acids is 1. The van der Waals surface area contributed by atoms with Crippen molar-refractivity contribution in [2.75, 3.05) is 6.54 Å². The average Bonchev–Trinajstić information content (AvgIpc) is 2.97. The minimum absolute atomic E-state index is 0.0637. The van der Waals surface area contributed by atoms with Gasteiger partial charge in [-0.05, 0) is 25.0 Å². The van der Waals surface area contributed by atoms with Gasteiger partial charge in [0, 0.05) is 18.1 Å². The molecular formula is C14H14N2O4S. The monoisotopic (exact) mass is 306 g/mol. The van der Waals surface area contributed by atoms with Gasteiger partial charge in [0.2, 0.25) is 10.0 Å². The van der Waals surface area contributed by atoms with Gasteiger partial charge in [0.15, 0.2) is 0 Å². The Balaban J connectivity index is 2.15. The predicted molar refractivity (Wildman–Crippen MR) is 76.3 cm³/mol. The van der Waals surface area contributed by atoms with E-state index in [0.29, 0.717) is 23.7 Å². The predicted octanol–water partition coefficient (Wildman–Crippen LogP) is 1.47.